The Bertz CT molecular complexity index is 697. The van der Waals surface area contributed by atoms with Crippen molar-refractivity contribution in [3.63, 3.8) is 0 Å². The maximum Gasteiger partial charge on any atom is 0.0405 e. The number of benzene rings is 1. The third kappa shape index (κ3) is 2.93. The molecule has 1 aromatic carbocycles. The summed E-state index contributed by atoms with van der Waals surface area (Å²) in [6, 6.07) is 11.9. The first kappa shape index (κ1) is 15.6. The van der Waals surface area contributed by atoms with E-state index in [4.69, 9.17) is 0 Å². The van der Waals surface area contributed by atoms with Gasteiger partial charge in [0.2, 0.25) is 0 Å². The molecule has 2 atom stereocenters. The van der Waals surface area contributed by atoms with Crippen LogP contribution in [0.25, 0.3) is 0 Å². The quantitative estimate of drug-likeness (QED) is 0.860. The van der Waals surface area contributed by atoms with Crippen molar-refractivity contribution in [3.8, 4) is 0 Å². The van der Waals surface area contributed by atoms with Crippen LogP contribution < -0.4 is 4.90 Å². The van der Waals surface area contributed by atoms with Gasteiger partial charge in [0, 0.05) is 43.1 Å². The Morgan fingerprint density at radius 1 is 1.25 bits per heavy atom. The summed E-state index contributed by atoms with van der Waals surface area (Å²) in [6.45, 7) is 5.72. The standard InChI is InChI=1S/C21H27N3/c1-16-7-8-21-18(13-16)19-15-23(2)11-4-6-20(19)24(21)12-9-17-5-3-10-22-14-17/h3,5,7-8,10,13-14,19-20H,4,6,9,11-12,15H2,1-2H3/t19-,20?/m0/s1. The van der Waals surface area contributed by atoms with Crippen molar-refractivity contribution in [2.24, 2.45) is 0 Å². The van der Waals surface area contributed by atoms with E-state index < -0.39 is 0 Å². The second kappa shape index (κ2) is 6.56. The number of likely N-dealkylation sites (N-methyl/N-ethyl adjacent to an activating group) is 1. The molecule has 0 aliphatic carbocycles. The minimum Gasteiger partial charge on any atom is -0.367 e. The zero-order valence-corrected chi connectivity index (χ0v) is 14.8. The summed E-state index contributed by atoms with van der Waals surface area (Å²) in [5.74, 6) is 0.654. The van der Waals surface area contributed by atoms with Crippen LogP contribution in [0.5, 0.6) is 0 Å². The number of aryl methyl sites for hydroxylation is 1. The van der Waals surface area contributed by atoms with E-state index in [0.717, 1.165) is 13.0 Å². The molecule has 0 saturated carbocycles. The summed E-state index contributed by atoms with van der Waals surface area (Å²) in [5.41, 5.74) is 5.75. The third-order valence-corrected chi connectivity index (χ3v) is 5.67. The summed E-state index contributed by atoms with van der Waals surface area (Å²) < 4.78 is 0. The SMILES string of the molecule is Cc1ccc2c(c1)[C@@H]1CN(C)CCCC1N2CCc1cccnc1. The molecule has 0 spiro atoms. The molecule has 2 aromatic rings. The van der Waals surface area contributed by atoms with Crippen molar-refractivity contribution < 1.29 is 0 Å². The van der Waals surface area contributed by atoms with Gasteiger partial charge < -0.3 is 9.80 Å². The molecule has 2 aliphatic heterocycles. The number of pyridine rings is 1. The number of hydrogen-bond acceptors (Lipinski definition) is 3. The number of aromatic nitrogens is 1. The number of fused-ring (bicyclic) bond motifs is 3. The Morgan fingerprint density at radius 3 is 3.00 bits per heavy atom. The molecule has 1 unspecified atom stereocenters. The predicted octanol–water partition coefficient (Wildman–Crippen LogP) is 3.63. The molecule has 1 saturated heterocycles. The monoisotopic (exact) mass is 321 g/mol. The highest BCUT2D eigenvalue weighted by molar-refractivity contribution is 5.63. The molecule has 24 heavy (non-hydrogen) atoms. The smallest absolute Gasteiger partial charge is 0.0405 e. The van der Waals surface area contributed by atoms with E-state index in [2.05, 4.69) is 53.0 Å². The van der Waals surface area contributed by atoms with Gasteiger partial charge in [-0.1, -0.05) is 23.8 Å². The number of rotatable bonds is 3. The molecule has 2 aliphatic rings. The Labute approximate surface area is 145 Å². The second-order valence-corrected chi connectivity index (χ2v) is 7.45. The van der Waals surface area contributed by atoms with E-state index in [-0.39, 0.29) is 0 Å². The van der Waals surface area contributed by atoms with Gasteiger partial charge in [-0.25, -0.2) is 0 Å². The molecule has 3 nitrogen and oxygen atoms in total. The Balaban J connectivity index is 1.63. The summed E-state index contributed by atoms with van der Waals surface area (Å²) in [6.07, 6.45) is 7.53. The van der Waals surface area contributed by atoms with E-state index in [1.165, 1.54) is 42.7 Å². The lowest BCUT2D eigenvalue weighted by atomic mass is 9.92. The molecule has 126 valence electrons. The van der Waals surface area contributed by atoms with Gasteiger partial charge in [0.25, 0.3) is 0 Å². The topological polar surface area (TPSA) is 19.4 Å². The van der Waals surface area contributed by atoms with Crippen molar-refractivity contribution in [1.29, 1.82) is 0 Å². The average molecular weight is 321 g/mol. The molecule has 3 heteroatoms. The molecule has 0 bridgehead atoms. The van der Waals surface area contributed by atoms with Gasteiger partial charge in [-0.15, -0.1) is 0 Å². The Kier molecular flexibility index (Phi) is 4.28. The summed E-state index contributed by atoms with van der Waals surface area (Å²) in [5, 5.41) is 0. The van der Waals surface area contributed by atoms with E-state index in [9.17, 15) is 0 Å². The van der Waals surface area contributed by atoms with Gasteiger partial charge in [-0.3, -0.25) is 4.98 Å². The first-order valence-electron chi connectivity index (χ1n) is 9.17. The Morgan fingerprint density at radius 2 is 2.17 bits per heavy atom. The van der Waals surface area contributed by atoms with E-state index >= 15 is 0 Å². The fourth-order valence-electron chi connectivity index (χ4n) is 4.49. The minimum atomic E-state index is 0.654. The lowest BCUT2D eigenvalue weighted by Gasteiger charge is -2.29. The lowest BCUT2D eigenvalue weighted by molar-refractivity contribution is 0.330. The van der Waals surface area contributed by atoms with E-state index in [0.29, 0.717) is 12.0 Å². The van der Waals surface area contributed by atoms with Crippen LogP contribution in [0, 0.1) is 6.92 Å². The van der Waals surface area contributed by atoms with Crippen LogP contribution in [0.1, 0.15) is 35.4 Å². The zero-order valence-electron chi connectivity index (χ0n) is 14.8. The van der Waals surface area contributed by atoms with Crippen LogP contribution in [0.3, 0.4) is 0 Å². The van der Waals surface area contributed by atoms with Crippen LogP contribution in [-0.2, 0) is 6.42 Å². The third-order valence-electron chi connectivity index (χ3n) is 5.67. The first-order chi connectivity index (χ1) is 11.7. The summed E-state index contributed by atoms with van der Waals surface area (Å²) >= 11 is 0. The van der Waals surface area contributed by atoms with Crippen LogP contribution in [0.4, 0.5) is 5.69 Å². The average Bonchev–Trinajstić information content (AvgIpc) is 2.73. The Hall–Kier alpha value is -1.87. The number of anilines is 1. The van der Waals surface area contributed by atoms with Gasteiger partial charge in [0.05, 0.1) is 0 Å². The van der Waals surface area contributed by atoms with Crippen molar-refractivity contribution in [2.75, 3.05) is 31.6 Å². The van der Waals surface area contributed by atoms with Crippen LogP contribution in [0.2, 0.25) is 0 Å². The fourth-order valence-corrected chi connectivity index (χ4v) is 4.49. The van der Waals surface area contributed by atoms with Crippen molar-refractivity contribution >= 4 is 5.69 Å². The summed E-state index contributed by atoms with van der Waals surface area (Å²) in [4.78, 5) is 9.47. The lowest BCUT2D eigenvalue weighted by Crippen LogP contribution is -2.37. The molecule has 1 aromatic heterocycles. The largest absolute Gasteiger partial charge is 0.367 e. The highest BCUT2D eigenvalue weighted by Gasteiger charge is 2.39. The van der Waals surface area contributed by atoms with Gasteiger partial charge in [-0.05, 0) is 63.0 Å². The van der Waals surface area contributed by atoms with Gasteiger partial charge >= 0.3 is 0 Å². The second-order valence-electron chi connectivity index (χ2n) is 7.45. The summed E-state index contributed by atoms with van der Waals surface area (Å²) in [7, 11) is 2.27. The normalized spacial score (nSPS) is 23.7. The molecule has 0 N–H and O–H groups in total. The van der Waals surface area contributed by atoms with Gasteiger partial charge in [0.15, 0.2) is 0 Å². The van der Waals surface area contributed by atoms with Crippen molar-refractivity contribution in [3.05, 3.63) is 59.4 Å². The molecule has 1 fully saturated rings. The van der Waals surface area contributed by atoms with E-state index in [1.54, 1.807) is 5.56 Å². The molecular formula is C21H27N3. The van der Waals surface area contributed by atoms with E-state index in [1.807, 2.05) is 18.5 Å². The van der Waals surface area contributed by atoms with Gasteiger partial charge in [-0.2, -0.15) is 0 Å². The molecule has 4 rings (SSSR count). The van der Waals surface area contributed by atoms with Crippen molar-refractivity contribution in [1.82, 2.24) is 9.88 Å². The van der Waals surface area contributed by atoms with Gasteiger partial charge in [0.1, 0.15) is 0 Å². The minimum absolute atomic E-state index is 0.654. The number of hydrogen-bond donors (Lipinski definition) is 0. The van der Waals surface area contributed by atoms with Crippen LogP contribution in [0.15, 0.2) is 42.7 Å². The fraction of sp³-hybridized carbons (Fsp3) is 0.476. The van der Waals surface area contributed by atoms with Crippen LogP contribution in [-0.4, -0.2) is 42.6 Å². The number of nitrogens with zero attached hydrogens (tertiary/aromatic N) is 3. The maximum atomic E-state index is 4.27. The van der Waals surface area contributed by atoms with Crippen LogP contribution >= 0.6 is 0 Å². The highest BCUT2D eigenvalue weighted by atomic mass is 15.2. The zero-order chi connectivity index (χ0) is 16.5. The first-order valence-corrected chi connectivity index (χ1v) is 9.17. The number of likely N-dealkylation sites (tertiary alicyclic amines) is 1. The molecule has 0 radical (unpaired) electrons. The molecule has 0 amide bonds. The predicted molar refractivity (Wildman–Crippen MR) is 99.7 cm³/mol. The molecule has 3 heterocycles. The maximum absolute atomic E-state index is 4.27. The molecular weight excluding hydrogens is 294 g/mol. The highest BCUT2D eigenvalue weighted by Crippen LogP contribution is 2.44. The van der Waals surface area contributed by atoms with Crippen molar-refractivity contribution in [2.45, 2.75) is 38.1 Å².